The van der Waals surface area contributed by atoms with E-state index >= 15 is 0 Å². The van der Waals surface area contributed by atoms with Crippen LogP contribution in [-0.4, -0.2) is 36.1 Å². The molecule has 1 heterocycles. The number of hydrogen-bond donors (Lipinski definition) is 0. The van der Waals surface area contributed by atoms with Crippen LogP contribution in [0.2, 0.25) is 0 Å². The lowest BCUT2D eigenvalue weighted by atomic mass is 10.1. The van der Waals surface area contributed by atoms with Gasteiger partial charge in [0, 0.05) is 29.2 Å². The number of hydrogen-bond acceptors (Lipinski definition) is 5. The van der Waals surface area contributed by atoms with Gasteiger partial charge in [-0.25, -0.2) is 4.79 Å². The van der Waals surface area contributed by atoms with E-state index in [1.807, 2.05) is 86.1 Å². The Labute approximate surface area is 229 Å². The van der Waals surface area contributed by atoms with Crippen LogP contribution in [0.1, 0.15) is 57.3 Å². The molecule has 0 amide bonds. The lowest BCUT2D eigenvalue weighted by Crippen LogP contribution is -2.06. The van der Waals surface area contributed by atoms with Gasteiger partial charge >= 0.3 is 5.97 Å². The first-order valence-electron chi connectivity index (χ1n) is 13.3. The smallest absolute Gasteiger partial charge is 0.340 e. The molecule has 0 radical (unpaired) electrons. The van der Waals surface area contributed by atoms with E-state index < -0.39 is 0 Å². The molecule has 0 atom stereocenters. The van der Waals surface area contributed by atoms with Crippen LogP contribution in [0.4, 0.5) is 0 Å². The number of aryl methyl sites for hydroxylation is 2. The monoisotopic (exact) mass is 525 g/mol. The quantitative estimate of drug-likeness (QED) is 0.0854. The van der Waals surface area contributed by atoms with E-state index in [1.54, 1.807) is 25.1 Å². The SMILES string of the molecule is CCOC(=O)c1c(C)n(C)c2ccc(OCCCCOc3ccc(C(=O)C=Cc4ccc(C)cc4)cc3)cc12. The summed E-state index contributed by atoms with van der Waals surface area (Å²) in [5.74, 6) is 1.09. The van der Waals surface area contributed by atoms with Crippen molar-refractivity contribution < 1.29 is 23.8 Å². The van der Waals surface area contributed by atoms with Crippen LogP contribution in [0.5, 0.6) is 11.5 Å². The van der Waals surface area contributed by atoms with E-state index in [4.69, 9.17) is 14.2 Å². The van der Waals surface area contributed by atoms with Crippen LogP contribution in [0.15, 0.2) is 72.8 Å². The van der Waals surface area contributed by atoms with Gasteiger partial charge < -0.3 is 18.8 Å². The molecule has 0 spiro atoms. The minimum Gasteiger partial charge on any atom is -0.494 e. The summed E-state index contributed by atoms with van der Waals surface area (Å²) in [5.41, 5.74) is 5.22. The van der Waals surface area contributed by atoms with E-state index in [2.05, 4.69) is 0 Å². The molecule has 0 saturated heterocycles. The first-order valence-corrected chi connectivity index (χ1v) is 13.3. The van der Waals surface area contributed by atoms with Gasteiger partial charge in [0.15, 0.2) is 5.78 Å². The highest BCUT2D eigenvalue weighted by molar-refractivity contribution is 6.07. The number of benzene rings is 3. The van der Waals surface area contributed by atoms with Gasteiger partial charge in [0.2, 0.25) is 0 Å². The fraction of sp³-hybridized carbons (Fsp3) is 0.273. The third-order valence-corrected chi connectivity index (χ3v) is 6.66. The summed E-state index contributed by atoms with van der Waals surface area (Å²) in [6.07, 6.45) is 5.05. The minimum atomic E-state index is -0.314. The van der Waals surface area contributed by atoms with Crippen molar-refractivity contribution in [3.63, 3.8) is 0 Å². The van der Waals surface area contributed by atoms with Gasteiger partial charge in [0.1, 0.15) is 11.5 Å². The predicted molar refractivity (Wildman–Crippen MR) is 155 cm³/mol. The number of esters is 1. The lowest BCUT2D eigenvalue weighted by Gasteiger charge is -2.09. The van der Waals surface area contributed by atoms with E-state index in [1.165, 1.54) is 5.56 Å². The summed E-state index contributed by atoms with van der Waals surface area (Å²) in [7, 11) is 1.94. The van der Waals surface area contributed by atoms with Crippen molar-refractivity contribution in [2.45, 2.75) is 33.6 Å². The Hall–Kier alpha value is -4.32. The van der Waals surface area contributed by atoms with Crippen LogP contribution in [0.25, 0.3) is 17.0 Å². The zero-order chi connectivity index (χ0) is 27.8. The van der Waals surface area contributed by atoms with Crippen molar-refractivity contribution in [2.24, 2.45) is 7.05 Å². The van der Waals surface area contributed by atoms with Gasteiger partial charge in [-0.2, -0.15) is 0 Å². The number of nitrogens with zero attached hydrogens (tertiary/aromatic N) is 1. The second kappa shape index (κ2) is 13.0. The van der Waals surface area contributed by atoms with Gasteiger partial charge in [-0.15, -0.1) is 0 Å². The molecule has 4 rings (SSSR count). The molecule has 4 aromatic rings. The largest absolute Gasteiger partial charge is 0.494 e. The molecule has 0 fully saturated rings. The van der Waals surface area contributed by atoms with Crippen molar-refractivity contribution in [3.8, 4) is 11.5 Å². The second-order valence-corrected chi connectivity index (χ2v) is 9.46. The Morgan fingerprint density at radius 2 is 1.49 bits per heavy atom. The summed E-state index contributed by atoms with van der Waals surface area (Å²) in [6, 6.07) is 21.0. The molecule has 0 saturated carbocycles. The topological polar surface area (TPSA) is 66.8 Å². The summed E-state index contributed by atoms with van der Waals surface area (Å²) < 4.78 is 19.0. The number of aromatic nitrogens is 1. The summed E-state index contributed by atoms with van der Waals surface area (Å²) in [5, 5.41) is 0.835. The number of fused-ring (bicyclic) bond motifs is 1. The van der Waals surface area contributed by atoms with Gasteiger partial charge in [-0.3, -0.25) is 4.79 Å². The highest BCUT2D eigenvalue weighted by Crippen LogP contribution is 2.29. The molecule has 3 aromatic carbocycles. The molecular formula is C33H35NO5. The maximum atomic E-state index is 12.5. The second-order valence-electron chi connectivity index (χ2n) is 9.46. The number of carbonyl (C=O) groups excluding carboxylic acids is 2. The number of ether oxygens (including phenoxy) is 3. The molecule has 0 aliphatic carbocycles. The van der Waals surface area contributed by atoms with Gasteiger partial charge in [-0.1, -0.05) is 35.9 Å². The number of carbonyl (C=O) groups is 2. The van der Waals surface area contributed by atoms with Crippen LogP contribution in [-0.2, 0) is 11.8 Å². The third kappa shape index (κ3) is 6.96. The standard InChI is InChI=1S/C33H35NO5/c1-5-37-33(36)32-24(3)34(4)30-18-17-28(22-29(30)32)39-21-7-6-20-38-27-15-13-26(14-16-27)31(35)19-12-25-10-8-23(2)9-11-25/h8-19,22H,5-7,20-21H2,1-4H3. The van der Waals surface area contributed by atoms with Crippen molar-refractivity contribution in [1.82, 2.24) is 4.57 Å². The van der Waals surface area contributed by atoms with Crippen LogP contribution >= 0.6 is 0 Å². The average Bonchev–Trinajstić information content (AvgIpc) is 3.19. The van der Waals surface area contributed by atoms with E-state index in [0.29, 0.717) is 30.9 Å². The zero-order valence-electron chi connectivity index (χ0n) is 23.0. The number of rotatable bonds is 12. The first-order chi connectivity index (χ1) is 18.9. The molecule has 6 heteroatoms. The molecule has 0 aliphatic heterocycles. The molecular weight excluding hydrogens is 490 g/mol. The number of unbranched alkanes of at least 4 members (excludes halogenated alkanes) is 1. The van der Waals surface area contributed by atoms with E-state index in [0.717, 1.165) is 46.5 Å². The highest BCUT2D eigenvalue weighted by atomic mass is 16.5. The maximum absolute atomic E-state index is 12.5. The van der Waals surface area contributed by atoms with Gasteiger partial charge in [0.25, 0.3) is 0 Å². The molecule has 202 valence electrons. The average molecular weight is 526 g/mol. The van der Waals surface area contributed by atoms with Crippen LogP contribution < -0.4 is 9.47 Å². The Kier molecular flexibility index (Phi) is 9.21. The fourth-order valence-electron chi connectivity index (χ4n) is 4.35. The molecule has 6 nitrogen and oxygen atoms in total. The minimum absolute atomic E-state index is 0.0440. The molecule has 0 aliphatic rings. The first kappa shape index (κ1) is 27.7. The van der Waals surface area contributed by atoms with Gasteiger partial charge in [-0.05, 0) is 87.7 Å². The van der Waals surface area contributed by atoms with E-state index in [-0.39, 0.29) is 11.8 Å². The molecule has 0 N–H and O–H groups in total. The lowest BCUT2D eigenvalue weighted by molar-refractivity contribution is 0.0527. The Balaban J connectivity index is 1.22. The number of ketones is 1. The van der Waals surface area contributed by atoms with Crippen LogP contribution in [0.3, 0.4) is 0 Å². The predicted octanol–water partition coefficient (Wildman–Crippen LogP) is 7.11. The van der Waals surface area contributed by atoms with Crippen LogP contribution in [0, 0.1) is 13.8 Å². The normalized spacial score (nSPS) is 11.2. The summed E-state index contributed by atoms with van der Waals surface area (Å²) in [4.78, 5) is 24.9. The zero-order valence-corrected chi connectivity index (χ0v) is 23.0. The van der Waals surface area contributed by atoms with Crippen molar-refractivity contribution >= 4 is 28.7 Å². The third-order valence-electron chi connectivity index (χ3n) is 6.66. The van der Waals surface area contributed by atoms with Gasteiger partial charge in [0.05, 0.1) is 25.4 Å². The molecule has 39 heavy (non-hydrogen) atoms. The summed E-state index contributed by atoms with van der Waals surface area (Å²) >= 11 is 0. The van der Waals surface area contributed by atoms with Crippen molar-refractivity contribution in [3.05, 3.63) is 101 Å². The maximum Gasteiger partial charge on any atom is 0.340 e. The number of allylic oxidation sites excluding steroid dienone is 1. The molecule has 1 aromatic heterocycles. The Morgan fingerprint density at radius 1 is 0.846 bits per heavy atom. The fourth-order valence-corrected chi connectivity index (χ4v) is 4.35. The molecule has 0 bridgehead atoms. The Bertz CT molecular complexity index is 1460. The van der Waals surface area contributed by atoms with Crippen molar-refractivity contribution in [1.29, 1.82) is 0 Å². The highest BCUT2D eigenvalue weighted by Gasteiger charge is 2.20. The van der Waals surface area contributed by atoms with Crippen molar-refractivity contribution in [2.75, 3.05) is 19.8 Å². The molecule has 0 unspecified atom stereocenters. The summed E-state index contributed by atoms with van der Waals surface area (Å²) in [6.45, 7) is 7.18. The van der Waals surface area contributed by atoms with E-state index in [9.17, 15) is 9.59 Å². The Morgan fingerprint density at radius 3 is 2.15 bits per heavy atom.